The molecule has 0 amide bonds. The molecule has 2 nitrogen and oxygen atoms in total. The van der Waals surface area contributed by atoms with E-state index in [0.717, 1.165) is 6.42 Å². The Morgan fingerprint density at radius 3 is 1.55 bits per heavy atom. The highest BCUT2D eigenvalue weighted by molar-refractivity contribution is 4.97. The monoisotopic (exact) mass is 312 g/mol. The third-order valence-electron chi connectivity index (χ3n) is 4.27. The Hall–Kier alpha value is -0.340. The van der Waals surface area contributed by atoms with Crippen molar-refractivity contribution < 1.29 is 10.2 Å². The zero-order chi connectivity index (χ0) is 16.5. The molecule has 0 aromatic heterocycles. The van der Waals surface area contributed by atoms with E-state index < -0.39 is 5.60 Å². The molecular formula is C20H40O2. The Morgan fingerprint density at radius 1 is 0.727 bits per heavy atom. The van der Waals surface area contributed by atoms with Crippen molar-refractivity contribution in [2.45, 2.75) is 109 Å². The topological polar surface area (TPSA) is 40.5 Å². The fraction of sp³-hybridized carbons (Fsp3) is 0.900. The second-order valence-electron chi connectivity index (χ2n) is 6.95. The number of unbranched alkanes of at least 4 members (excludes halogenated alkanes) is 13. The quantitative estimate of drug-likeness (QED) is 0.281. The van der Waals surface area contributed by atoms with Gasteiger partial charge >= 0.3 is 0 Å². The van der Waals surface area contributed by atoms with Gasteiger partial charge in [-0.3, -0.25) is 0 Å². The summed E-state index contributed by atoms with van der Waals surface area (Å²) in [5.41, 5.74) is -1.05. The van der Waals surface area contributed by atoms with E-state index in [2.05, 4.69) is 6.92 Å². The summed E-state index contributed by atoms with van der Waals surface area (Å²) in [5, 5.41) is 18.5. The van der Waals surface area contributed by atoms with Crippen molar-refractivity contribution in [3.8, 4) is 0 Å². The van der Waals surface area contributed by atoms with Crippen molar-refractivity contribution in [2.75, 3.05) is 6.61 Å². The molecule has 0 aliphatic rings. The van der Waals surface area contributed by atoms with Gasteiger partial charge in [-0.15, -0.1) is 0 Å². The van der Waals surface area contributed by atoms with Gasteiger partial charge in [-0.2, -0.15) is 0 Å². The minimum Gasteiger partial charge on any atom is -0.393 e. The van der Waals surface area contributed by atoms with Gasteiger partial charge in [0.25, 0.3) is 0 Å². The van der Waals surface area contributed by atoms with E-state index in [-0.39, 0.29) is 6.61 Å². The number of aliphatic hydroxyl groups is 2. The van der Waals surface area contributed by atoms with Crippen LogP contribution in [0, 0.1) is 0 Å². The molecule has 1 unspecified atom stereocenters. The third kappa shape index (κ3) is 16.0. The van der Waals surface area contributed by atoms with E-state index in [0.29, 0.717) is 0 Å². The van der Waals surface area contributed by atoms with E-state index in [1.54, 1.807) is 13.0 Å². The minimum absolute atomic E-state index is 0.206. The Balaban J connectivity index is 3.15. The molecule has 2 N–H and O–H groups in total. The van der Waals surface area contributed by atoms with E-state index in [9.17, 15) is 5.11 Å². The number of aliphatic hydroxyl groups excluding tert-OH is 1. The van der Waals surface area contributed by atoms with Crippen LogP contribution in [-0.2, 0) is 0 Å². The molecule has 0 saturated heterocycles. The van der Waals surface area contributed by atoms with Crippen molar-refractivity contribution in [1.29, 1.82) is 0 Å². The summed E-state index contributed by atoms with van der Waals surface area (Å²) in [6.45, 7) is 3.70. The summed E-state index contributed by atoms with van der Waals surface area (Å²) in [7, 11) is 0. The Bertz CT molecular complexity index is 246. The van der Waals surface area contributed by atoms with Gasteiger partial charge < -0.3 is 10.2 Å². The third-order valence-corrected chi connectivity index (χ3v) is 4.27. The minimum atomic E-state index is -1.05. The zero-order valence-electron chi connectivity index (χ0n) is 15.2. The smallest absolute Gasteiger partial charge is 0.103 e. The van der Waals surface area contributed by atoms with Gasteiger partial charge in [-0.1, -0.05) is 96.1 Å². The molecule has 132 valence electrons. The van der Waals surface area contributed by atoms with Gasteiger partial charge in [-0.05, 0) is 19.8 Å². The standard InChI is InChI=1S/C20H40O2/c1-3-4-5-6-7-8-9-10-11-12-13-14-15-16-17-18-20(2,22)19-21/h17-18,21-22H,3-16,19H2,1-2H3. The first-order chi connectivity index (χ1) is 10.6. The fourth-order valence-corrected chi connectivity index (χ4v) is 2.67. The molecule has 0 aromatic rings. The van der Waals surface area contributed by atoms with Crippen molar-refractivity contribution in [2.24, 2.45) is 0 Å². The summed E-state index contributed by atoms with van der Waals surface area (Å²) in [6, 6.07) is 0. The van der Waals surface area contributed by atoms with Crippen LogP contribution in [-0.4, -0.2) is 22.4 Å². The van der Waals surface area contributed by atoms with Crippen LogP contribution in [0.2, 0.25) is 0 Å². The predicted molar refractivity (Wildman–Crippen MR) is 97.2 cm³/mol. The van der Waals surface area contributed by atoms with Gasteiger partial charge in [0.15, 0.2) is 0 Å². The summed E-state index contributed by atoms with van der Waals surface area (Å²) >= 11 is 0. The second-order valence-corrected chi connectivity index (χ2v) is 6.95. The first-order valence-corrected chi connectivity index (χ1v) is 9.63. The first kappa shape index (κ1) is 21.7. The maximum absolute atomic E-state index is 9.59. The molecule has 0 rings (SSSR count). The van der Waals surface area contributed by atoms with E-state index in [1.807, 2.05) is 6.08 Å². The zero-order valence-corrected chi connectivity index (χ0v) is 15.2. The van der Waals surface area contributed by atoms with Crippen LogP contribution in [0.1, 0.15) is 104 Å². The molecule has 1 atom stereocenters. The molecule has 0 aliphatic carbocycles. The van der Waals surface area contributed by atoms with E-state index in [4.69, 9.17) is 5.11 Å². The lowest BCUT2D eigenvalue weighted by atomic mass is 10.0. The highest BCUT2D eigenvalue weighted by atomic mass is 16.3. The van der Waals surface area contributed by atoms with Crippen LogP contribution < -0.4 is 0 Å². The highest BCUT2D eigenvalue weighted by Gasteiger charge is 2.12. The molecule has 2 heteroatoms. The maximum atomic E-state index is 9.59. The van der Waals surface area contributed by atoms with Crippen LogP contribution in [0.3, 0.4) is 0 Å². The predicted octanol–water partition coefficient (Wildman–Crippen LogP) is 5.77. The average molecular weight is 313 g/mol. The average Bonchev–Trinajstić information content (AvgIpc) is 2.51. The molecule has 0 spiro atoms. The molecule has 0 bridgehead atoms. The van der Waals surface area contributed by atoms with Gasteiger partial charge in [-0.25, -0.2) is 0 Å². The molecule has 0 heterocycles. The Labute approximate surface area is 139 Å². The second kappa shape index (κ2) is 15.6. The molecule has 0 saturated carbocycles. The van der Waals surface area contributed by atoms with Crippen LogP contribution >= 0.6 is 0 Å². The Kier molecular flexibility index (Phi) is 15.3. The molecule has 0 aliphatic heterocycles. The van der Waals surface area contributed by atoms with Crippen molar-refractivity contribution in [3.63, 3.8) is 0 Å². The highest BCUT2D eigenvalue weighted by Crippen LogP contribution is 2.13. The van der Waals surface area contributed by atoms with Crippen LogP contribution in [0.4, 0.5) is 0 Å². The molecule has 0 aromatic carbocycles. The molecule has 0 fully saturated rings. The number of rotatable bonds is 16. The van der Waals surface area contributed by atoms with Crippen molar-refractivity contribution >= 4 is 0 Å². The van der Waals surface area contributed by atoms with Crippen LogP contribution in [0.15, 0.2) is 12.2 Å². The molecular weight excluding hydrogens is 272 g/mol. The van der Waals surface area contributed by atoms with Gasteiger partial charge in [0.05, 0.1) is 6.61 Å². The summed E-state index contributed by atoms with van der Waals surface area (Å²) < 4.78 is 0. The first-order valence-electron chi connectivity index (χ1n) is 9.63. The fourth-order valence-electron chi connectivity index (χ4n) is 2.67. The Morgan fingerprint density at radius 2 is 1.14 bits per heavy atom. The van der Waals surface area contributed by atoms with Gasteiger partial charge in [0.1, 0.15) is 5.60 Å². The summed E-state index contributed by atoms with van der Waals surface area (Å²) in [5.74, 6) is 0. The summed E-state index contributed by atoms with van der Waals surface area (Å²) in [6.07, 6.45) is 22.6. The number of hydrogen-bond acceptors (Lipinski definition) is 2. The SMILES string of the molecule is CCCCCCCCCCCCCCCC=CC(C)(O)CO. The normalized spacial score (nSPS) is 14.5. The molecule has 0 radical (unpaired) electrons. The lowest BCUT2D eigenvalue weighted by Crippen LogP contribution is -2.25. The van der Waals surface area contributed by atoms with Gasteiger partial charge in [0.2, 0.25) is 0 Å². The number of hydrogen-bond donors (Lipinski definition) is 2. The molecule has 22 heavy (non-hydrogen) atoms. The van der Waals surface area contributed by atoms with Crippen molar-refractivity contribution in [3.05, 3.63) is 12.2 Å². The maximum Gasteiger partial charge on any atom is 0.103 e. The summed E-state index contributed by atoms with van der Waals surface area (Å²) in [4.78, 5) is 0. The van der Waals surface area contributed by atoms with E-state index >= 15 is 0 Å². The lowest BCUT2D eigenvalue weighted by molar-refractivity contribution is 0.0433. The van der Waals surface area contributed by atoms with E-state index in [1.165, 1.54) is 83.5 Å². The van der Waals surface area contributed by atoms with Crippen LogP contribution in [0.25, 0.3) is 0 Å². The van der Waals surface area contributed by atoms with Crippen molar-refractivity contribution in [1.82, 2.24) is 0 Å². The van der Waals surface area contributed by atoms with Gasteiger partial charge in [0, 0.05) is 0 Å². The largest absolute Gasteiger partial charge is 0.393 e. The number of allylic oxidation sites excluding steroid dienone is 1. The van der Waals surface area contributed by atoms with Crippen LogP contribution in [0.5, 0.6) is 0 Å². The lowest BCUT2D eigenvalue weighted by Gasteiger charge is -2.14.